The normalized spacial score (nSPS) is 12.4. The zero-order valence-electron chi connectivity index (χ0n) is 9.34. The number of nitrogens with zero attached hydrogens (tertiary/aromatic N) is 1. The molecule has 0 aromatic carbocycles. The van der Waals surface area contributed by atoms with Crippen LogP contribution in [0.25, 0.3) is 0 Å². The molecule has 1 N–H and O–H groups in total. The molecule has 0 saturated heterocycles. The first-order valence-electron chi connectivity index (χ1n) is 5.34. The van der Waals surface area contributed by atoms with Gasteiger partial charge in [-0.3, -0.25) is 4.98 Å². The highest BCUT2D eigenvalue weighted by atomic mass is 79.9. The van der Waals surface area contributed by atoms with Gasteiger partial charge in [-0.1, -0.05) is 13.0 Å². The molecule has 0 spiro atoms. The van der Waals surface area contributed by atoms with Crippen LogP contribution in [0, 0.1) is 0 Å². The lowest BCUT2D eigenvalue weighted by Crippen LogP contribution is -2.23. The molecule has 2 nitrogen and oxygen atoms in total. The van der Waals surface area contributed by atoms with Crippen LogP contribution in [0.2, 0.25) is 0 Å². The average Bonchev–Trinajstić information content (AvgIpc) is 2.25. The number of hydrogen-bond donors (Lipinski definition) is 1. The van der Waals surface area contributed by atoms with Crippen LogP contribution in [-0.4, -0.2) is 11.5 Å². The molecule has 16 heavy (non-hydrogen) atoms. The van der Waals surface area contributed by atoms with E-state index in [-0.39, 0.29) is 6.04 Å². The maximum atomic E-state index is 4.45. The van der Waals surface area contributed by atoms with E-state index in [4.69, 9.17) is 0 Å². The van der Waals surface area contributed by atoms with E-state index in [1.165, 1.54) is 0 Å². The molecule has 0 aliphatic heterocycles. The van der Waals surface area contributed by atoms with Crippen molar-refractivity contribution < 1.29 is 0 Å². The Hall–Kier alpha value is -0.190. The van der Waals surface area contributed by atoms with E-state index in [1.807, 2.05) is 18.3 Å². The molecule has 1 aromatic heterocycles. The Bertz CT molecular complexity index is 353. The van der Waals surface area contributed by atoms with Crippen molar-refractivity contribution in [2.24, 2.45) is 0 Å². The molecule has 0 aliphatic rings. The van der Waals surface area contributed by atoms with Crippen molar-refractivity contribution in [3.8, 4) is 0 Å². The molecule has 88 valence electrons. The Kier molecular flexibility index (Phi) is 6.24. The van der Waals surface area contributed by atoms with Gasteiger partial charge in [-0.15, -0.1) is 6.58 Å². The van der Waals surface area contributed by atoms with Crippen LogP contribution < -0.4 is 5.32 Å². The summed E-state index contributed by atoms with van der Waals surface area (Å²) in [5.41, 5.74) is 1.04. The van der Waals surface area contributed by atoms with E-state index >= 15 is 0 Å². The van der Waals surface area contributed by atoms with Gasteiger partial charge in [0.2, 0.25) is 0 Å². The van der Waals surface area contributed by atoms with Gasteiger partial charge in [0.1, 0.15) is 0 Å². The minimum absolute atomic E-state index is 0.236. The van der Waals surface area contributed by atoms with E-state index in [1.54, 1.807) is 0 Å². The van der Waals surface area contributed by atoms with Gasteiger partial charge in [0.25, 0.3) is 0 Å². The third kappa shape index (κ3) is 4.00. The zero-order valence-corrected chi connectivity index (χ0v) is 12.5. The van der Waals surface area contributed by atoms with Crippen molar-refractivity contribution in [2.75, 3.05) is 6.54 Å². The SMILES string of the molecule is C=CCC(NCCC)c1ncc(Br)cc1Br. The second-order valence-corrected chi connectivity index (χ2v) is 5.32. The minimum Gasteiger partial charge on any atom is -0.308 e. The summed E-state index contributed by atoms with van der Waals surface area (Å²) in [4.78, 5) is 4.45. The van der Waals surface area contributed by atoms with Crippen LogP contribution in [0.15, 0.2) is 33.9 Å². The highest BCUT2D eigenvalue weighted by molar-refractivity contribution is 9.11. The average molecular weight is 348 g/mol. The lowest BCUT2D eigenvalue weighted by Gasteiger charge is -2.17. The van der Waals surface area contributed by atoms with Crippen molar-refractivity contribution in [1.29, 1.82) is 0 Å². The van der Waals surface area contributed by atoms with E-state index in [0.29, 0.717) is 0 Å². The Morgan fingerprint density at radius 2 is 2.31 bits per heavy atom. The predicted molar refractivity (Wildman–Crippen MR) is 75.5 cm³/mol. The number of halogens is 2. The van der Waals surface area contributed by atoms with Crippen LogP contribution in [0.5, 0.6) is 0 Å². The third-order valence-corrected chi connectivity index (χ3v) is 3.28. The summed E-state index contributed by atoms with van der Waals surface area (Å²) in [5, 5.41) is 3.47. The van der Waals surface area contributed by atoms with Crippen molar-refractivity contribution in [1.82, 2.24) is 10.3 Å². The first kappa shape index (κ1) is 13.9. The Balaban J connectivity index is 2.86. The molecular formula is C12H16Br2N2. The third-order valence-electron chi connectivity index (χ3n) is 2.21. The lowest BCUT2D eigenvalue weighted by molar-refractivity contribution is 0.523. The summed E-state index contributed by atoms with van der Waals surface area (Å²) in [5.74, 6) is 0. The number of rotatable bonds is 6. The summed E-state index contributed by atoms with van der Waals surface area (Å²) in [6, 6.07) is 2.26. The minimum atomic E-state index is 0.236. The second-order valence-electron chi connectivity index (χ2n) is 3.55. The molecule has 0 bridgehead atoms. The molecule has 1 rings (SSSR count). The predicted octanol–water partition coefficient (Wildman–Crippen LogP) is 4.22. The summed E-state index contributed by atoms with van der Waals surface area (Å²) in [7, 11) is 0. The van der Waals surface area contributed by atoms with E-state index in [9.17, 15) is 0 Å². The highest BCUT2D eigenvalue weighted by Crippen LogP contribution is 2.26. The van der Waals surface area contributed by atoms with Gasteiger partial charge in [-0.2, -0.15) is 0 Å². The van der Waals surface area contributed by atoms with Crippen LogP contribution in [-0.2, 0) is 0 Å². The van der Waals surface area contributed by atoms with Gasteiger partial charge in [-0.05, 0) is 57.3 Å². The maximum Gasteiger partial charge on any atom is 0.0718 e. The van der Waals surface area contributed by atoms with Gasteiger partial charge in [-0.25, -0.2) is 0 Å². The number of aromatic nitrogens is 1. The summed E-state index contributed by atoms with van der Waals surface area (Å²) in [6.07, 6.45) is 5.74. The smallest absolute Gasteiger partial charge is 0.0718 e. The molecule has 0 saturated carbocycles. The molecule has 0 amide bonds. The van der Waals surface area contributed by atoms with Crippen molar-refractivity contribution in [2.45, 2.75) is 25.8 Å². The van der Waals surface area contributed by atoms with Crippen molar-refractivity contribution >= 4 is 31.9 Å². The number of pyridine rings is 1. The molecular weight excluding hydrogens is 332 g/mol. The van der Waals surface area contributed by atoms with Gasteiger partial charge in [0.05, 0.1) is 11.7 Å². The molecule has 4 heteroatoms. The Morgan fingerprint density at radius 3 is 2.88 bits per heavy atom. The molecule has 1 heterocycles. The van der Waals surface area contributed by atoms with Gasteiger partial charge >= 0.3 is 0 Å². The van der Waals surface area contributed by atoms with E-state index in [0.717, 1.165) is 34.0 Å². The van der Waals surface area contributed by atoms with Gasteiger partial charge < -0.3 is 5.32 Å². The fourth-order valence-electron chi connectivity index (χ4n) is 1.46. The largest absolute Gasteiger partial charge is 0.308 e. The fourth-order valence-corrected chi connectivity index (χ4v) is 2.72. The Labute approximate surface area is 114 Å². The van der Waals surface area contributed by atoms with E-state index < -0.39 is 0 Å². The first-order chi connectivity index (χ1) is 7.69. The fraction of sp³-hybridized carbons (Fsp3) is 0.417. The molecule has 0 radical (unpaired) electrons. The summed E-state index contributed by atoms with van der Waals surface area (Å²) >= 11 is 6.95. The highest BCUT2D eigenvalue weighted by Gasteiger charge is 2.13. The zero-order chi connectivity index (χ0) is 12.0. The topological polar surface area (TPSA) is 24.9 Å². The van der Waals surface area contributed by atoms with Crippen LogP contribution >= 0.6 is 31.9 Å². The molecule has 0 aliphatic carbocycles. The van der Waals surface area contributed by atoms with E-state index in [2.05, 4.69) is 55.7 Å². The molecule has 0 fully saturated rings. The maximum absolute atomic E-state index is 4.45. The monoisotopic (exact) mass is 346 g/mol. The first-order valence-corrected chi connectivity index (χ1v) is 6.92. The van der Waals surface area contributed by atoms with Crippen molar-refractivity contribution in [3.63, 3.8) is 0 Å². The number of nitrogens with one attached hydrogen (secondary N) is 1. The summed E-state index contributed by atoms with van der Waals surface area (Å²) < 4.78 is 2.01. The molecule has 1 unspecified atom stereocenters. The lowest BCUT2D eigenvalue weighted by atomic mass is 10.1. The van der Waals surface area contributed by atoms with Crippen LogP contribution in [0.3, 0.4) is 0 Å². The quantitative estimate of drug-likeness (QED) is 0.779. The second kappa shape index (κ2) is 7.20. The van der Waals surface area contributed by atoms with Gasteiger partial charge in [0.15, 0.2) is 0 Å². The Morgan fingerprint density at radius 1 is 1.56 bits per heavy atom. The van der Waals surface area contributed by atoms with Crippen LogP contribution in [0.4, 0.5) is 0 Å². The summed E-state index contributed by atoms with van der Waals surface area (Å²) in [6.45, 7) is 6.93. The molecule has 1 aromatic rings. The molecule has 1 atom stereocenters. The standard InChI is InChI=1S/C12H16Br2N2/c1-3-5-11(15-6-4-2)12-10(14)7-9(13)8-16-12/h3,7-8,11,15H,1,4-6H2,2H3. The van der Waals surface area contributed by atoms with Crippen molar-refractivity contribution in [3.05, 3.63) is 39.6 Å². The van der Waals surface area contributed by atoms with Crippen LogP contribution in [0.1, 0.15) is 31.5 Å². The van der Waals surface area contributed by atoms with Gasteiger partial charge in [0, 0.05) is 15.1 Å². The number of hydrogen-bond acceptors (Lipinski definition) is 2.